The van der Waals surface area contributed by atoms with E-state index in [0.29, 0.717) is 5.56 Å². The Hall–Kier alpha value is -2.90. The van der Waals surface area contributed by atoms with Crippen LogP contribution in [0.4, 0.5) is 14.9 Å². The van der Waals surface area contributed by atoms with Crippen molar-refractivity contribution >= 4 is 17.7 Å². The highest BCUT2D eigenvalue weighted by atomic mass is 19.1. The molecule has 0 aliphatic heterocycles. The van der Waals surface area contributed by atoms with Crippen LogP contribution in [0, 0.1) is 5.82 Å². The number of rotatable bonds is 4. The normalized spacial score (nSPS) is 11.7. The van der Waals surface area contributed by atoms with Crippen molar-refractivity contribution < 1.29 is 19.1 Å². The molecule has 1 unspecified atom stereocenters. The lowest BCUT2D eigenvalue weighted by Gasteiger charge is -2.14. The molecule has 3 N–H and O–H groups in total. The fourth-order valence-corrected chi connectivity index (χ4v) is 1.73. The highest BCUT2D eigenvalue weighted by Gasteiger charge is 2.23. The third-order valence-corrected chi connectivity index (χ3v) is 2.70. The number of anilines is 1. The summed E-state index contributed by atoms with van der Waals surface area (Å²) >= 11 is 0. The third kappa shape index (κ3) is 3.56. The fourth-order valence-electron chi connectivity index (χ4n) is 1.73. The Morgan fingerprint density at radius 1 is 1.38 bits per heavy atom. The molecule has 2 rings (SSSR count). The number of hydrogen-bond acceptors (Lipinski definition) is 3. The smallest absolute Gasteiger partial charge is 0.331 e. The van der Waals surface area contributed by atoms with E-state index in [9.17, 15) is 14.0 Å². The average Bonchev–Trinajstić information content (AvgIpc) is 2.85. The molecule has 1 heterocycles. The summed E-state index contributed by atoms with van der Waals surface area (Å²) in [5.41, 5.74) is 0.277. The van der Waals surface area contributed by atoms with E-state index >= 15 is 0 Å². The summed E-state index contributed by atoms with van der Waals surface area (Å²) in [7, 11) is 1.63. The van der Waals surface area contributed by atoms with E-state index in [4.69, 9.17) is 5.11 Å². The lowest BCUT2D eigenvalue weighted by molar-refractivity contribution is -0.139. The number of nitrogens with one attached hydrogen (secondary N) is 2. The number of aliphatic carboxylic acids is 1. The van der Waals surface area contributed by atoms with E-state index in [-0.39, 0.29) is 5.69 Å². The maximum absolute atomic E-state index is 13.4. The minimum atomic E-state index is -1.27. The molecule has 21 heavy (non-hydrogen) atoms. The molecule has 0 fully saturated rings. The largest absolute Gasteiger partial charge is 0.479 e. The van der Waals surface area contributed by atoms with E-state index in [1.54, 1.807) is 13.1 Å². The van der Waals surface area contributed by atoms with E-state index in [1.165, 1.54) is 35.3 Å². The van der Waals surface area contributed by atoms with Gasteiger partial charge in [0.15, 0.2) is 6.04 Å². The number of nitrogens with zero attached hydrogens (tertiary/aromatic N) is 2. The first-order valence-corrected chi connectivity index (χ1v) is 6.01. The minimum absolute atomic E-state index is 0.0367. The number of amides is 2. The molecule has 0 aliphatic rings. The predicted octanol–water partition coefficient (Wildman–Crippen LogP) is 1.51. The number of hydrogen-bond donors (Lipinski definition) is 3. The van der Waals surface area contributed by atoms with E-state index in [1.807, 2.05) is 0 Å². The molecule has 1 aromatic carbocycles. The number of carboxylic acid groups (broad SMARTS) is 1. The van der Waals surface area contributed by atoms with Crippen molar-refractivity contribution in [2.75, 3.05) is 5.32 Å². The molecule has 0 aliphatic carbocycles. The topological polar surface area (TPSA) is 96.2 Å². The molecule has 0 saturated carbocycles. The van der Waals surface area contributed by atoms with Gasteiger partial charge in [0, 0.05) is 18.8 Å². The number of carboxylic acids is 1. The summed E-state index contributed by atoms with van der Waals surface area (Å²) in [5.74, 6) is -1.85. The number of carbonyl (C=O) groups is 2. The Morgan fingerprint density at radius 3 is 2.67 bits per heavy atom. The summed E-state index contributed by atoms with van der Waals surface area (Å²) in [5, 5.41) is 17.5. The van der Waals surface area contributed by atoms with Crippen LogP contribution >= 0.6 is 0 Å². The zero-order valence-electron chi connectivity index (χ0n) is 11.1. The molecule has 7 nitrogen and oxygen atoms in total. The lowest BCUT2D eigenvalue weighted by Crippen LogP contribution is -2.36. The van der Waals surface area contributed by atoms with Gasteiger partial charge < -0.3 is 15.7 Å². The van der Waals surface area contributed by atoms with Gasteiger partial charge in [-0.15, -0.1) is 0 Å². The van der Waals surface area contributed by atoms with Crippen LogP contribution in [0.5, 0.6) is 0 Å². The van der Waals surface area contributed by atoms with E-state index in [0.717, 1.165) is 0 Å². The molecule has 1 atom stereocenters. The van der Waals surface area contributed by atoms with E-state index in [2.05, 4.69) is 15.7 Å². The second-order valence-electron chi connectivity index (χ2n) is 4.30. The molecule has 2 aromatic rings. The summed E-state index contributed by atoms with van der Waals surface area (Å²) < 4.78 is 14.8. The fraction of sp³-hybridized carbons (Fsp3) is 0.154. The Morgan fingerprint density at radius 2 is 2.10 bits per heavy atom. The van der Waals surface area contributed by atoms with Crippen LogP contribution in [0.15, 0.2) is 36.7 Å². The first-order valence-electron chi connectivity index (χ1n) is 6.01. The van der Waals surface area contributed by atoms with Gasteiger partial charge in [-0.2, -0.15) is 5.10 Å². The molecule has 1 aromatic heterocycles. The molecule has 0 saturated heterocycles. The number of urea groups is 1. The monoisotopic (exact) mass is 292 g/mol. The lowest BCUT2D eigenvalue weighted by atomic mass is 10.1. The van der Waals surface area contributed by atoms with Gasteiger partial charge in [0.05, 0.1) is 11.9 Å². The summed E-state index contributed by atoms with van der Waals surface area (Å²) in [4.78, 5) is 23.0. The maximum Gasteiger partial charge on any atom is 0.331 e. The van der Waals surface area contributed by atoms with Crippen LogP contribution in [0.3, 0.4) is 0 Å². The van der Waals surface area contributed by atoms with Crippen LogP contribution in [0.2, 0.25) is 0 Å². The van der Waals surface area contributed by atoms with Gasteiger partial charge in [-0.05, 0) is 12.1 Å². The number of aromatic nitrogens is 2. The SMILES string of the molecule is Cn1cc(C(NC(=O)Nc2ccccc2F)C(=O)O)cn1. The molecular weight excluding hydrogens is 279 g/mol. The second-order valence-corrected chi connectivity index (χ2v) is 4.30. The van der Waals surface area contributed by atoms with Crippen molar-refractivity contribution in [1.82, 2.24) is 15.1 Å². The number of benzene rings is 1. The van der Waals surface area contributed by atoms with Crippen LogP contribution < -0.4 is 10.6 Å². The van der Waals surface area contributed by atoms with Crippen molar-refractivity contribution in [2.45, 2.75) is 6.04 Å². The van der Waals surface area contributed by atoms with Gasteiger partial charge in [-0.25, -0.2) is 14.0 Å². The zero-order chi connectivity index (χ0) is 15.4. The molecule has 110 valence electrons. The van der Waals surface area contributed by atoms with Crippen molar-refractivity contribution in [3.05, 3.63) is 48.0 Å². The summed E-state index contributed by atoms with van der Waals surface area (Å²) in [6, 6.07) is 3.49. The van der Waals surface area contributed by atoms with Gasteiger partial charge in [0.25, 0.3) is 0 Å². The Balaban J connectivity index is 2.09. The van der Waals surface area contributed by atoms with E-state index < -0.39 is 23.9 Å². The first kappa shape index (κ1) is 14.5. The van der Waals surface area contributed by atoms with Gasteiger partial charge in [0.1, 0.15) is 5.82 Å². The van der Waals surface area contributed by atoms with Gasteiger partial charge in [-0.1, -0.05) is 12.1 Å². The van der Waals surface area contributed by atoms with Crippen LogP contribution in [0.1, 0.15) is 11.6 Å². The Bertz CT molecular complexity index is 671. The van der Waals surface area contributed by atoms with Crippen LogP contribution in [0.25, 0.3) is 0 Å². The van der Waals surface area contributed by atoms with Crippen molar-refractivity contribution in [2.24, 2.45) is 7.05 Å². The second kappa shape index (κ2) is 6.04. The standard InChI is InChI=1S/C13H13FN4O3/c1-18-7-8(6-15-18)11(12(19)20)17-13(21)16-10-5-3-2-4-9(10)14/h2-7,11H,1H3,(H,19,20)(H2,16,17,21). The van der Waals surface area contributed by atoms with Gasteiger partial charge >= 0.3 is 12.0 Å². The quantitative estimate of drug-likeness (QED) is 0.795. The summed E-state index contributed by atoms with van der Waals surface area (Å²) in [6.07, 6.45) is 2.81. The molecule has 2 amide bonds. The van der Waals surface area contributed by atoms with Crippen molar-refractivity contribution in [1.29, 1.82) is 0 Å². The van der Waals surface area contributed by atoms with Crippen LogP contribution in [-0.4, -0.2) is 26.9 Å². The maximum atomic E-state index is 13.4. The third-order valence-electron chi connectivity index (χ3n) is 2.70. The van der Waals surface area contributed by atoms with Crippen molar-refractivity contribution in [3.63, 3.8) is 0 Å². The van der Waals surface area contributed by atoms with Gasteiger partial charge in [-0.3, -0.25) is 4.68 Å². The van der Waals surface area contributed by atoms with Crippen molar-refractivity contribution in [3.8, 4) is 0 Å². The zero-order valence-corrected chi connectivity index (χ0v) is 11.1. The highest BCUT2D eigenvalue weighted by Crippen LogP contribution is 2.14. The van der Waals surface area contributed by atoms with Crippen LogP contribution in [-0.2, 0) is 11.8 Å². The van der Waals surface area contributed by atoms with Gasteiger partial charge in [0.2, 0.25) is 0 Å². The Labute approximate surface area is 119 Å². The average molecular weight is 292 g/mol. The molecular formula is C13H13FN4O3. The number of aryl methyl sites for hydroxylation is 1. The minimum Gasteiger partial charge on any atom is -0.479 e. The summed E-state index contributed by atoms with van der Waals surface area (Å²) in [6.45, 7) is 0. The molecule has 8 heteroatoms. The molecule has 0 spiro atoms. The number of halogens is 1. The molecule has 0 radical (unpaired) electrons. The Kier molecular flexibility index (Phi) is 4.17. The number of para-hydroxylation sites is 1. The highest BCUT2D eigenvalue weighted by molar-refractivity contribution is 5.92. The predicted molar refractivity (Wildman–Crippen MR) is 72.1 cm³/mol. The first-order chi connectivity index (χ1) is 9.97. The molecule has 0 bridgehead atoms. The number of carbonyl (C=O) groups excluding carboxylic acids is 1.